The van der Waals surface area contributed by atoms with Crippen molar-refractivity contribution in [2.75, 3.05) is 0 Å². The summed E-state index contributed by atoms with van der Waals surface area (Å²) in [6, 6.07) is 2.45. The van der Waals surface area contributed by atoms with Crippen LogP contribution in [0, 0.1) is 0 Å². The number of aryl methyl sites for hydroxylation is 2. The smallest absolute Gasteiger partial charge is 1.00 e. The Morgan fingerprint density at radius 1 is 1.06 bits per heavy atom. The normalized spacial score (nSPS) is 12.1. The first-order valence-corrected chi connectivity index (χ1v) is 5.66. The van der Waals surface area contributed by atoms with Gasteiger partial charge in [-0.05, 0) is 0 Å². The quantitative estimate of drug-likeness (QED) is 0.375. The number of rotatable bonds is 2. The number of halogens is 3. The van der Waals surface area contributed by atoms with Gasteiger partial charge in [0.25, 0.3) is 0 Å². The molecule has 1 aromatic rings. The second-order valence-electron chi connectivity index (χ2n) is 4.07. The van der Waals surface area contributed by atoms with Gasteiger partial charge in [-0.25, -0.2) is 0 Å². The standard InChI is InChI=1S/C13H19.3ClH.Ti/c1-3-10-9-11(4-2)13-8-6-5-7-12(10)13;;;;/h9H,3-8H2,1-2H3;3*1H;/q-1;;;;+4/p-3. The van der Waals surface area contributed by atoms with Gasteiger partial charge >= 0.3 is 21.7 Å². The maximum absolute atomic E-state index is 2.45. The van der Waals surface area contributed by atoms with E-state index in [4.69, 9.17) is 0 Å². The molecule has 0 N–H and O–H groups in total. The van der Waals surface area contributed by atoms with E-state index < -0.39 is 0 Å². The van der Waals surface area contributed by atoms with Crippen LogP contribution in [0.4, 0.5) is 0 Å². The zero-order chi connectivity index (χ0) is 9.26. The van der Waals surface area contributed by atoms with E-state index in [0.717, 1.165) is 0 Å². The topological polar surface area (TPSA) is 0 Å². The molecule has 0 aromatic heterocycles. The van der Waals surface area contributed by atoms with Crippen molar-refractivity contribution in [2.45, 2.75) is 52.4 Å². The van der Waals surface area contributed by atoms with Gasteiger partial charge in [-0.3, -0.25) is 0 Å². The summed E-state index contributed by atoms with van der Waals surface area (Å²) in [7, 11) is 0. The minimum absolute atomic E-state index is 0. The molecule has 1 aromatic carbocycles. The van der Waals surface area contributed by atoms with Crippen LogP contribution in [0.25, 0.3) is 0 Å². The van der Waals surface area contributed by atoms with Crippen LogP contribution in [0.2, 0.25) is 0 Å². The third-order valence-corrected chi connectivity index (χ3v) is 3.35. The molecule has 4 heteroatoms. The second-order valence-corrected chi connectivity index (χ2v) is 4.07. The van der Waals surface area contributed by atoms with Crippen LogP contribution in [0.1, 0.15) is 48.9 Å². The maximum atomic E-state index is 2.45. The molecular weight excluding hydrogens is 310 g/mol. The van der Waals surface area contributed by atoms with Crippen LogP contribution < -0.4 is 37.2 Å². The van der Waals surface area contributed by atoms with Crippen LogP contribution >= 0.6 is 0 Å². The van der Waals surface area contributed by atoms with Crippen molar-refractivity contribution in [3.8, 4) is 0 Å². The first-order valence-electron chi connectivity index (χ1n) is 5.66. The molecule has 0 unspecified atom stereocenters. The Morgan fingerprint density at radius 2 is 1.65 bits per heavy atom. The molecule has 0 amide bonds. The van der Waals surface area contributed by atoms with Crippen LogP contribution in [0.5, 0.6) is 0 Å². The zero-order valence-corrected chi connectivity index (χ0v) is 14.3. The molecule has 0 nitrogen and oxygen atoms in total. The first kappa shape index (κ1) is 23.1. The fourth-order valence-electron chi connectivity index (χ4n) is 2.63. The fraction of sp³-hybridized carbons (Fsp3) is 0.615. The predicted octanol–water partition coefficient (Wildman–Crippen LogP) is -5.58. The fourth-order valence-corrected chi connectivity index (χ4v) is 2.63. The minimum Gasteiger partial charge on any atom is -1.00 e. The largest absolute Gasteiger partial charge is 4.00 e. The van der Waals surface area contributed by atoms with Crippen molar-refractivity contribution in [3.05, 3.63) is 28.3 Å². The molecule has 1 aliphatic carbocycles. The number of hydrogen-bond acceptors (Lipinski definition) is 0. The van der Waals surface area contributed by atoms with Crippen molar-refractivity contribution < 1.29 is 58.9 Å². The van der Waals surface area contributed by atoms with Crippen molar-refractivity contribution in [1.82, 2.24) is 0 Å². The summed E-state index contributed by atoms with van der Waals surface area (Å²) in [6.07, 6.45) is 7.96. The van der Waals surface area contributed by atoms with E-state index in [9.17, 15) is 0 Å². The van der Waals surface area contributed by atoms with E-state index in [0.29, 0.717) is 0 Å². The van der Waals surface area contributed by atoms with E-state index in [1.807, 2.05) is 0 Å². The number of hydrogen-bond donors (Lipinski definition) is 0. The SMILES string of the molecule is CCc1c[c-](CC)c2c1CCCC2.[Cl-].[Cl-].[Cl-].[Ti+4]. The molecule has 0 radical (unpaired) electrons. The minimum atomic E-state index is 0. The Hall–Kier alpha value is 0.934. The molecule has 0 fully saturated rings. The number of fused-ring (bicyclic) bond motifs is 1. The average Bonchev–Trinajstić information content (AvgIpc) is 2.56. The Bertz CT molecular complexity index is 279. The van der Waals surface area contributed by atoms with Gasteiger partial charge in [0.05, 0.1) is 0 Å². The van der Waals surface area contributed by atoms with Gasteiger partial charge in [-0.1, -0.05) is 52.4 Å². The Labute approximate surface area is 139 Å². The molecular formula is C13H19Cl3Ti. The van der Waals surface area contributed by atoms with Gasteiger partial charge in [-0.15, -0.1) is 0 Å². The summed E-state index contributed by atoms with van der Waals surface area (Å²) >= 11 is 0. The predicted molar refractivity (Wildman–Crippen MR) is 57.4 cm³/mol. The van der Waals surface area contributed by atoms with Crippen molar-refractivity contribution in [3.63, 3.8) is 0 Å². The van der Waals surface area contributed by atoms with Gasteiger partial charge < -0.3 is 37.2 Å². The molecule has 0 aliphatic heterocycles. The second kappa shape index (κ2) is 10.8. The third kappa shape index (κ3) is 4.84. The van der Waals surface area contributed by atoms with Crippen LogP contribution in [0.3, 0.4) is 0 Å². The Kier molecular flexibility index (Phi) is 14.7. The van der Waals surface area contributed by atoms with Crippen molar-refractivity contribution in [2.24, 2.45) is 0 Å². The summed E-state index contributed by atoms with van der Waals surface area (Å²) in [5.41, 5.74) is 6.69. The molecule has 1 aliphatic rings. The molecule has 0 heterocycles. The molecule has 96 valence electrons. The van der Waals surface area contributed by atoms with E-state index >= 15 is 0 Å². The summed E-state index contributed by atoms with van der Waals surface area (Å²) in [5, 5.41) is 0. The molecule has 0 atom stereocenters. The van der Waals surface area contributed by atoms with E-state index in [1.54, 1.807) is 22.3 Å². The van der Waals surface area contributed by atoms with Gasteiger partial charge in [0.2, 0.25) is 0 Å². The van der Waals surface area contributed by atoms with Gasteiger partial charge in [0.15, 0.2) is 0 Å². The molecule has 0 spiro atoms. The monoisotopic (exact) mass is 328 g/mol. The van der Waals surface area contributed by atoms with Crippen LogP contribution in [-0.2, 0) is 47.4 Å². The van der Waals surface area contributed by atoms with Crippen molar-refractivity contribution >= 4 is 0 Å². The summed E-state index contributed by atoms with van der Waals surface area (Å²) in [6.45, 7) is 4.56. The van der Waals surface area contributed by atoms with Gasteiger partial charge in [0.1, 0.15) is 0 Å². The molecule has 0 bridgehead atoms. The van der Waals surface area contributed by atoms with E-state index in [2.05, 4.69) is 19.9 Å². The summed E-state index contributed by atoms with van der Waals surface area (Å²) in [5.74, 6) is 0. The van der Waals surface area contributed by atoms with Gasteiger partial charge in [-0.2, -0.15) is 28.3 Å². The Balaban J connectivity index is -0.000000490. The molecule has 0 saturated heterocycles. The summed E-state index contributed by atoms with van der Waals surface area (Å²) in [4.78, 5) is 0. The third-order valence-electron chi connectivity index (χ3n) is 3.35. The van der Waals surface area contributed by atoms with Crippen LogP contribution in [-0.4, -0.2) is 0 Å². The molecule has 17 heavy (non-hydrogen) atoms. The summed E-state index contributed by atoms with van der Waals surface area (Å²) < 4.78 is 0. The molecule has 0 saturated carbocycles. The van der Waals surface area contributed by atoms with Gasteiger partial charge in [0, 0.05) is 0 Å². The Morgan fingerprint density at radius 3 is 2.18 bits per heavy atom. The van der Waals surface area contributed by atoms with E-state index in [1.165, 1.54) is 38.5 Å². The van der Waals surface area contributed by atoms with Crippen molar-refractivity contribution in [1.29, 1.82) is 0 Å². The maximum Gasteiger partial charge on any atom is 4.00 e. The van der Waals surface area contributed by atoms with Crippen LogP contribution in [0.15, 0.2) is 6.07 Å². The van der Waals surface area contributed by atoms with E-state index in [-0.39, 0.29) is 58.9 Å². The molecule has 2 rings (SSSR count). The first-order chi connectivity index (χ1) is 6.36. The zero-order valence-electron chi connectivity index (χ0n) is 10.5. The average molecular weight is 330 g/mol.